The van der Waals surface area contributed by atoms with Crippen molar-refractivity contribution in [2.45, 2.75) is 58.2 Å². The molecule has 6 heteroatoms. The summed E-state index contributed by atoms with van der Waals surface area (Å²) in [5, 5.41) is 2.94. The zero-order valence-corrected chi connectivity index (χ0v) is 16.2. The fraction of sp³-hybridized carbons (Fsp3) is 0.632. The molecule has 2 rings (SSSR count). The Hall–Kier alpha value is -1.16. The molecular formula is C19H30NO4P. The zero-order chi connectivity index (χ0) is 18.1. The predicted octanol–water partition coefficient (Wildman–Crippen LogP) is 4.98. The number of hydrogen-bond donors (Lipinski definition) is 1. The Labute approximate surface area is 151 Å². The first-order valence-corrected chi connectivity index (χ1v) is 10.9. The second-order valence-corrected chi connectivity index (χ2v) is 8.69. The molecule has 1 aromatic carbocycles. The van der Waals surface area contributed by atoms with Crippen molar-refractivity contribution in [3.05, 3.63) is 35.9 Å². The van der Waals surface area contributed by atoms with Gasteiger partial charge < -0.3 is 14.4 Å². The highest BCUT2D eigenvalue weighted by Crippen LogP contribution is 2.54. The van der Waals surface area contributed by atoms with E-state index in [1.165, 1.54) is 19.3 Å². The van der Waals surface area contributed by atoms with Crippen molar-refractivity contribution in [3.8, 4) is 0 Å². The Balaban J connectivity index is 2.17. The van der Waals surface area contributed by atoms with Crippen molar-refractivity contribution in [2.24, 2.45) is 5.92 Å². The summed E-state index contributed by atoms with van der Waals surface area (Å²) in [5.41, 5.74) is 0.552. The minimum Gasteiger partial charge on any atom is -0.338 e. The third kappa shape index (κ3) is 5.95. The number of amides is 1. The number of carbonyl (C=O) groups is 1. The van der Waals surface area contributed by atoms with E-state index < -0.39 is 13.4 Å². The van der Waals surface area contributed by atoms with Crippen LogP contribution in [0.5, 0.6) is 0 Å². The van der Waals surface area contributed by atoms with Crippen LogP contribution in [0.2, 0.25) is 0 Å². The molecule has 1 aliphatic rings. The monoisotopic (exact) mass is 367 g/mol. The van der Waals surface area contributed by atoms with Crippen LogP contribution in [0.15, 0.2) is 30.3 Å². The summed E-state index contributed by atoms with van der Waals surface area (Å²) in [4.78, 5) is 12.6. The maximum absolute atomic E-state index is 13.3. The molecule has 0 radical (unpaired) electrons. The fourth-order valence-electron chi connectivity index (χ4n) is 3.41. The molecule has 0 spiro atoms. The maximum atomic E-state index is 13.3. The topological polar surface area (TPSA) is 64.6 Å². The quantitative estimate of drug-likeness (QED) is 0.625. The smallest absolute Gasteiger partial charge is 0.338 e. The maximum Gasteiger partial charge on any atom is 0.352 e. The predicted molar refractivity (Wildman–Crippen MR) is 99.7 cm³/mol. The molecule has 1 atom stereocenters. The first kappa shape index (κ1) is 20.2. The molecule has 0 aliphatic heterocycles. The molecule has 0 unspecified atom stereocenters. The highest BCUT2D eigenvalue weighted by molar-refractivity contribution is 7.54. The lowest BCUT2D eigenvalue weighted by Crippen LogP contribution is -2.37. The minimum absolute atomic E-state index is 0.235. The molecule has 0 aromatic heterocycles. The molecule has 0 bridgehead atoms. The summed E-state index contributed by atoms with van der Waals surface area (Å²) in [7, 11) is -3.40. The molecule has 0 saturated heterocycles. The van der Waals surface area contributed by atoms with E-state index in [4.69, 9.17) is 9.05 Å². The molecule has 140 valence electrons. The molecule has 1 amide bonds. The van der Waals surface area contributed by atoms with Gasteiger partial charge in [0.2, 0.25) is 0 Å². The van der Waals surface area contributed by atoms with Gasteiger partial charge in [0, 0.05) is 5.56 Å². The van der Waals surface area contributed by atoms with Gasteiger partial charge in [-0.3, -0.25) is 9.36 Å². The Kier molecular flexibility index (Phi) is 8.14. The second kappa shape index (κ2) is 10.1. The molecule has 1 N–H and O–H groups in total. The van der Waals surface area contributed by atoms with Gasteiger partial charge in [0.1, 0.15) is 5.78 Å². The Morgan fingerprint density at radius 1 is 1.12 bits per heavy atom. The van der Waals surface area contributed by atoms with Crippen molar-refractivity contribution in [2.75, 3.05) is 13.2 Å². The molecule has 1 aliphatic carbocycles. The fourth-order valence-corrected chi connectivity index (χ4v) is 5.39. The first-order chi connectivity index (χ1) is 12.1. The summed E-state index contributed by atoms with van der Waals surface area (Å²) in [6.45, 7) is 4.17. The third-order valence-electron chi connectivity index (χ3n) is 4.61. The number of nitrogens with one attached hydrogen (secondary N) is 1. The van der Waals surface area contributed by atoms with Crippen molar-refractivity contribution >= 4 is 13.5 Å². The lowest BCUT2D eigenvalue weighted by atomic mass is 9.87. The van der Waals surface area contributed by atoms with Crippen molar-refractivity contribution in [3.63, 3.8) is 0 Å². The van der Waals surface area contributed by atoms with E-state index in [2.05, 4.69) is 5.32 Å². The van der Waals surface area contributed by atoms with E-state index in [-0.39, 0.29) is 5.91 Å². The van der Waals surface area contributed by atoms with Crippen LogP contribution in [0.3, 0.4) is 0 Å². The Morgan fingerprint density at radius 2 is 1.72 bits per heavy atom. The van der Waals surface area contributed by atoms with Gasteiger partial charge in [0.25, 0.3) is 5.91 Å². The van der Waals surface area contributed by atoms with Crippen molar-refractivity contribution in [1.29, 1.82) is 0 Å². The molecule has 25 heavy (non-hydrogen) atoms. The van der Waals surface area contributed by atoms with Crippen molar-refractivity contribution < 1.29 is 18.4 Å². The van der Waals surface area contributed by atoms with Crippen LogP contribution in [0.25, 0.3) is 0 Å². The van der Waals surface area contributed by atoms with Crippen molar-refractivity contribution in [1.82, 2.24) is 5.32 Å². The molecule has 1 fully saturated rings. The summed E-state index contributed by atoms with van der Waals surface area (Å²) in [5.74, 6) is -0.395. The third-order valence-corrected chi connectivity index (χ3v) is 6.95. The Bertz CT molecular complexity index is 562. The largest absolute Gasteiger partial charge is 0.352 e. The van der Waals surface area contributed by atoms with E-state index in [1.54, 1.807) is 26.0 Å². The van der Waals surface area contributed by atoms with Gasteiger partial charge >= 0.3 is 7.60 Å². The van der Waals surface area contributed by atoms with Crippen LogP contribution in [-0.2, 0) is 13.6 Å². The van der Waals surface area contributed by atoms with E-state index in [1.807, 2.05) is 18.2 Å². The zero-order valence-electron chi connectivity index (χ0n) is 15.3. The highest BCUT2D eigenvalue weighted by Gasteiger charge is 2.38. The summed E-state index contributed by atoms with van der Waals surface area (Å²) < 4.78 is 24.4. The van der Waals surface area contributed by atoms with Gasteiger partial charge in [0.15, 0.2) is 0 Å². The van der Waals surface area contributed by atoms with Crippen LogP contribution in [0.1, 0.15) is 62.7 Å². The summed E-state index contributed by atoms with van der Waals surface area (Å²) in [6.07, 6.45) is 6.49. The number of carbonyl (C=O) groups excluding carboxylic acids is 1. The van der Waals surface area contributed by atoms with Gasteiger partial charge in [-0.15, -0.1) is 0 Å². The summed E-state index contributed by atoms with van der Waals surface area (Å²) in [6, 6.07) is 8.99. The lowest BCUT2D eigenvalue weighted by Gasteiger charge is -2.31. The highest BCUT2D eigenvalue weighted by atomic mass is 31.2. The van der Waals surface area contributed by atoms with Crippen LogP contribution >= 0.6 is 7.60 Å². The number of benzene rings is 1. The van der Waals surface area contributed by atoms with Gasteiger partial charge in [-0.25, -0.2) is 0 Å². The molecule has 1 saturated carbocycles. The summed E-state index contributed by atoms with van der Waals surface area (Å²) >= 11 is 0. The van der Waals surface area contributed by atoms with E-state index in [0.717, 1.165) is 12.8 Å². The molecule has 5 nitrogen and oxygen atoms in total. The van der Waals surface area contributed by atoms with E-state index in [0.29, 0.717) is 31.1 Å². The standard InChI is InChI=1S/C19H30NO4P/c1-3-23-25(22,24-4-2)18(15-16-11-7-5-8-12-16)20-19(21)17-13-9-6-10-14-17/h6,9-10,13-14,16,18H,3-5,7-8,11-12,15H2,1-2H3,(H,20,21)/t18-/m1/s1. The van der Waals surface area contributed by atoms with Gasteiger partial charge in [0.05, 0.1) is 13.2 Å². The number of hydrogen-bond acceptors (Lipinski definition) is 4. The average molecular weight is 367 g/mol. The normalized spacial score (nSPS) is 17.2. The van der Waals surface area contributed by atoms with Crippen LogP contribution < -0.4 is 5.32 Å². The Morgan fingerprint density at radius 3 is 2.28 bits per heavy atom. The molecule has 0 heterocycles. The first-order valence-electron chi connectivity index (χ1n) is 9.33. The molecule has 1 aromatic rings. The average Bonchev–Trinajstić information content (AvgIpc) is 2.63. The lowest BCUT2D eigenvalue weighted by molar-refractivity contribution is 0.0930. The van der Waals surface area contributed by atoms with Gasteiger partial charge in [-0.2, -0.15) is 0 Å². The van der Waals surface area contributed by atoms with Crippen LogP contribution in [0, 0.1) is 5.92 Å². The van der Waals surface area contributed by atoms with Gasteiger partial charge in [-0.1, -0.05) is 50.3 Å². The van der Waals surface area contributed by atoms with E-state index in [9.17, 15) is 9.36 Å². The minimum atomic E-state index is -3.40. The second-order valence-electron chi connectivity index (χ2n) is 6.47. The van der Waals surface area contributed by atoms with Gasteiger partial charge in [-0.05, 0) is 38.3 Å². The van der Waals surface area contributed by atoms with E-state index >= 15 is 0 Å². The number of rotatable bonds is 9. The molecular weight excluding hydrogens is 337 g/mol. The SMILES string of the molecule is CCOP(=O)(OCC)[C@H](CC1CCCCC1)NC(=O)c1ccccc1. The van der Waals surface area contributed by atoms with Crippen LogP contribution in [0.4, 0.5) is 0 Å². The van der Waals surface area contributed by atoms with Crippen LogP contribution in [-0.4, -0.2) is 24.9 Å².